The van der Waals surface area contributed by atoms with Gasteiger partial charge in [0, 0.05) is 6.54 Å². The lowest BCUT2D eigenvalue weighted by atomic mass is 9.79. The molecule has 0 spiro atoms. The van der Waals surface area contributed by atoms with Crippen LogP contribution in [0.3, 0.4) is 0 Å². The molecule has 4 N–H and O–H groups in total. The van der Waals surface area contributed by atoms with Crippen LogP contribution in [-0.2, 0) is 0 Å². The van der Waals surface area contributed by atoms with Crippen LogP contribution in [0, 0.1) is 12.8 Å². The lowest BCUT2D eigenvalue weighted by Gasteiger charge is -2.35. The third-order valence-corrected chi connectivity index (χ3v) is 4.00. The minimum absolute atomic E-state index is 0.228. The van der Waals surface area contributed by atoms with E-state index >= 15 is 0 Å². The number of hydrogen-bond donors (Lipinski definition) is 3. The zero-order valence-electron chi connectivity index (χ0n) is 12.1. The van der Waals surface area contributed by atoms with Crippen LogP contribution in [0.2, 0.25) is 0 Å². The average molecular weight is 277 g/mol. The molecule has 2 atom stereocenters. The Hall–Kier alpha value is -1.62. The molecule has 20 heavy (non-hydrogen) atoms. The zero-order chi connectivity index (χ0) is 14.8. The fourth-order valence-electron chi connectivity index (χ4n) is 2.91. The van der Waals surface area contributed by atoms with Crippen LogP contribution in [0.4, 0.5) is 5.69 Å². The van der Waals surface area contributed by atoms with E-state index < -0.39 is 5.60 Å². The number of hydrogen-bond acceptors (Lipinski definition) is 4. The van der Waals surface area contributed by atoms with Gasteiger partial charge in [-0.2, -0.15) is 0 Å². The summed E-state index contributed by atoms with van der Waals surface area (Å²) in [5.41, 5.74) is 6.45. The zero-order valence-corrected chi connectivity index (χ0v) is 12.1. The first-order chi connectivity index (χ1) is 9.39. The number of nitrogens with one attached hydrogen (secondary N) is 1. The summed E-state index contributed by atoms with van der Waals surface area (Å²) in [6.07, 6.45) is 5.16. The Labute approximate surface area is 119 Å². The van der Waals surface area contributed by atoms with E-state index in [1.165, 1.54) is 6.20 Å². The van der Waals surface area contributed by atoms with Gasteiger partial charge in [0.05, 0.1) is 28.7 Å². The molecule has 2 rings (SSSR count). The highest BCUT2D eigenvalue weighted by molar-refractivity contribution is 5.95. The number of nitrogens with two attached hydrogens (primary N) is 1. The minimum Gasteiger partial charge on any atom is -0.397 e. The number of aryl methyl sites for hydroxylation is 1. The molecule has 1 aliphatic rings. The SMILES string of the molecule is Cc1ncc(N)cc1C(=O)NCC1(O)CCCC(C)C1. The van der Waals surface area contributed by atoms with Gasteiger partial charge in [0.15, 0.2) is 0 Å². The van der Waals surface area contributed by atoms with E-state index in [1.54, 1.807) is 13.0 Å². The normalized spacial score (nSPS) is 26.2. The molecule has 1 aromatic rings. The van der Waals surface area contributed by atoms with Gasteiger partial charge in [-0.05, 0) is 31.7 Å². The van der Waals surface area contributed by atoms with Crippen molar-refractivity contribution >= 4 is 11.6 Å². The summed E-state index contributed by atoms with van der Waals surface area (Å²) in [4.78, 5) is 16.2. The number of anilines is 1. The second-order valence-corrected chi connectivity index (χ2v) is 6.01. The van der Waals surface area contributed by atoms with Gasteiger partial charge < -0.3 is 16.2 Å². The molecule has 0 aromatic carbocycles. The number of amides is 1. The van der Waals surface area contributed by atoms with Gasteiger partial charge in [-0.3, -0.25) is 9.78 Å². The van der Waals surface area contributed by atoms with E-state index in [-0.39, 0.29) is 12.5 Å². The van der Waals surface area contributed by atoms with Crippen molar-refractivity contribution in [3.8, 4) is 0 Å². The van der Waals surface area contributed by atoms with Crippen LogP contribution in [0.25, 0.3) is 0 Å². The number of rotatable bonds is 3. The molecular formula is C15H23N3O2. The predicted molar refractivity (Wildman–Crippen MR) is 78.3 cm³/mol. The van der Waals surface area contributed by atoms with Crippen molar-refractivity contribution in [2.45, 2.75) is 45.1 Å². The standard InChI is InChI=1S/C15H23N3O2/c1-10-4-3-5-15(20,7-10)9-18-14(19)13-6-12(16)8-17-11(13)2/h6,8,10,20H,3-5,7,9,16H2,1-2H3,(H,18,19). The number of carbonyl (C=O) groups excluding carboxylic acids is 1. The third kappa shape index (κ3) is 3.48. The minimum atomic E-state index is -0.783. The molecule has 0 bridgehead atoms. The van der Waals surface area contributed by atoms with E-state index in [2.05, 4.69) is 17.2 Å². The van der Waals surface area contributed by atoms with E-state index in [4.69, 9.17) is 5.73 Å². The molecule has 1 fully saturated rings. The van der Waals surface area contributed by atoms with E-state index in [9.17, 15) is 9.90 Å². The first-order valence-electron chi connectivity index (χ1n) is 7.12. The van der Waals surface area contributed by atoms with E-state index in [1.807, 2.05) is 0 Å². The molecular weight excluding hydrogens is 254 g/mol. The summed E-state index contributed by atoms with van der Waals surface area (Å²) in [6.45, 7) is 4.19. The Balaban J connectivity index is 1.99. The molecule has 0 radical (unpaired) electrons. The molecule has 1 aromatic heterocycles. The Kier molecular flexibility index (Phi) is 4.28. The van der Waals surface area contributed by atoms with Crippen LogP contribution in [0.15, 0.2) is 12.3 Å². The molecule has 5 nitrogen and oxygen atoms in total. The fourth-order valence-corrected chi connectivity index (χ4v) is 2.91. The largest absolute Gasteiger partial charge is 0.397 e. The molecule has 2 unspecified atom stereocenters. The molecule has 5 heteroatoms. The number of carbonyl (C=O) groups is 1. The topological polar surface area (TPSA) is 88.2 Å². The summed E-state index contributed by atoms with van der Waals surface area (Å²) in [7, 11) is 0. The molecule has 1 heterocycles. The summed E-state index contributed by atoms with van der Waals surface area (Å²) in [6, 6.07) is 1.62. The fraction of sp³-hybridized carbons (Fsp3) is 0.600. The molecule has 1 aliphatic carbocycles. The number of nitrogens with zero attached hydrogens (tertiary/aromatic N) is 1. The van der Waals surface area contributed by atoms with Crippen LogP contribution in [0.5, 0.6) is 0 Å². The van der Waals surface area contributed by atoms with E-state index in [0.717, 1.165) is 25.7 Å². The molecule has 0 saturated heterocycles. The van der Waals surface area contributed by atoms with Gasteiger partial charge in [-0.1, -0.05) is 19.8 Å². The highest BCUT2D eigenvalue weighted by atomic mass is 16.3. The Morgan fingerprint density at radius 3 is 3.10 bits per heavy atom. The monoisotopic (exact) mass is 277 g/mol. The van der Waals surface area contributed by atoms with Crippen LogP contribution >= 0.6 is 0 Å². The number of pyridine rings is 1. The van der Waals surface area contributed by atoms with Crippen molar-refractivity contribution in [3.63, 3.8) is 0 Å². The van der Waals surface area contributed by atoms with Crippen LogP contribution in [-0.4, -0.2) is 28.1 Å². The lowest BCUT2D eigenvalue weighted by molar-refractivity contribution is -0.0109. The molecule has 110 valence electrons. The predicted octanol–water partition coefficient (Wildman–Crippen LogP) is 1.64. The van der Waals surface area contributed by atoms with Crippen molar-refractivity contribution in [3.05, 3.63) is 23.5 Å². The van der Waals surface area contributed by atoms with Crippen molar-refractivity contribution in [2.24, 2.45) is 5.92 Å². The Bertz CT molecular complexity index is 504. The molecule has 0 aliphatic heterocycles. The van der Waals surface area contributed by atoms with Gasteiger partial charge in [-0.25, -0.2) is 0 Å². The maximum absolute atomic E-state index is 12.2. The lowest BCUT2D eigenvalue weighted by Crippen LogP contribution is -2.45. The average Bonchev–Trinajstić information content (AvgIpc) is 2.39. The maximum atomic E-state index is 12.2. The molecule has 1 amide bonds. The highest BCUT2D eigenvalue weighted by Gasteiger charge is 2.33. The number of aromatic nitrogens is 1. The van der Waals surface area contributed by atoms with E-state index in [0.29, 0.717) is 22.9 Å². The maximum Gasteiger partial charge on any atom is 0.253 e. The summed E-state index contributed by atoms with van der Waals surface area (Å²) < 4.78 is 0. The van der Waals surface area contributed by atoms with Crippen molar-refractivity contribution < 1.29 is 9.90 Å². The van der Waals surface area contributed by atoms with Gasteiger partial charge in [0.2, 0.25) is 0 Å². The van der Waals surface area contributed by atoms with Gasteiger partial charge >= 0.3 is 0 Å². The third-order valence-electron chi connectivity index (χ3n) is 4.00. The van der Waals surface area contributed by atoms with Crippen molar-refractivity contribution in [2.75, 3.05) is 12.3 Å². The summed E-state index contributed by atoms with van der Waals surface area (Å²) >= 11 is 0. The summed E-state index contributed by atoms with van der Waals surface area (Å²) in [5.74, 6) is 0.273. The first-order valence-corrected chi connectivity index (χ1v) is 7.12. The second-order valence-electron chi connectivity index (χ2n) is 6.01. The number of nitrogen functional groups attached to an aromatic ring is 1. The quantitative estimate of drug-likeness (QED) is 0.783. The smallest absolute Gasteiger partial charge is 0.253 e. The van der Waals surface area contributed by atoms with Gasteiger partial charge in [0.25, 0.3) is 5.91 Å². The Morgan fingerprint density at radius 1 is 1.65 bits per heavy atom. The highest BCUT2D eigenvalue weighted by Crippen LogP contribution is 2.31. The van der Waals surface area contributed by atoms with Crippen LogP contribution in [0.1, 0.15) is 48.7 Å². The van der Waals surface area contributed by atoms with Crippen molar-refractivity contribution in [1.29, 1.82) is 0 Å². The van der Waals surface area contributed by atoms with Gasteiger partial charge in [0.1, 0.15) is 0 Å². The summed E-state index contributed by atoms with van der Waals surface area (Å²) in [5, 5.41) is 13.3. The first kappa shape index (κ1) is 14.8. The number of aliphatic hydroxyl groups is 1. The van der Waals surface area contributed by atoms with Crippen molar-refractivity contribution in [1.82, 2.24) is 10.3 Å². The molecule has 1 saturated carbocycles. The second kappa shape index (κ2) is 5.79. The Morgan fingerprint density at radius 2 is 2.40 bits per heavy atom. The van der Waals surface area contributed by atoms with Gasteiger partial charge in [-0.15, -0.1) is 0 Å². The van der Waals surface area contributed by atoms with Crippen LogP contribution < -0.4 is 11.1 Å².